The first-order valence-electron chi connectivity index (χ1n) is 10.0. The lowest BCUT2D eigenvalue weighted by Gasteiger charge is -2.31. The van der Waals surface area contributed by atoms with Gasteiger partial charge < -0.3 is 10.2 Å². The third kappa shape index (κ3) is 5.95. The molecule has 0 saturated heterocycles. The van der Waals surface area contributed by atoms with E-state index in [1.165, 1.54) is 5.56 Å². The average Bonchev–Trinajstić information content (AvgIpc) is 2.64. The lowest BCUT2D eigenvalue weighted by molar-refractivity contribution is -0.141. The van der Waals surface area contributed by atoms with Crippen LogP contribution in [0.2, 0.25) is 0 Å². The van der Waals surface area contributed by atoms with Gasteiger partial charge in [-0.1, -0.05) is 61.0 Å². The highest BCUT2D eigenvalue weighted by Gasteiger charge is 2.29. The predicted octanol–water partition coefficient (Wildman–Crippen LogP) is 4.18. The van der Waals surface area contributed by atoms with E-state index in [4.69, 9.17) is 0 Å². The first-order valence-corrected chi connectivity index (χ1v) is 10.0. The molecule has 1 N–H and O–H groups in total. The van der Waals surface area contributed by atoms with E-state index in [0.29, 0.717) is 19.4 Å². The van der Waals surface area contributed by atoms with Gasteiger partial charge in [0.1, 0.15) is 6.04 Å². The summed E-state index contributed by atoms with van der Waals surface area (Å²) in [5.41, 5.74) is 4.29. The molecule has 0 saturated carbocycles. The fraction of sp³-hybridized carbons (Fsp3) is 0.417. The number of carbonyl (C=O) groups is 2. The molecular formula is C24H32N2O2. The molecule has 0 radical (unpaired) electrons. The molecule has 150 valence electrons. The number of rotatable bonds is 8. The molecule has 0 aliphatic carbocycles. The number of hydrogen-bond acceptors (Lipinski definition) is 2. The van der Waals surface area contributed by atoms with Crippen molar-refractivity contribution in [3.8, 4) is 0 Å². The van der Waals surface area contributed by atoms with Crippen molar-refractivity contribution in [2.45, 2.75) is 66.1 Å². The number of aryl methyl sites for hydroxylation is 2. The van der Waals surface area contributed by atoms with Crippen molar-refractivity contribution in [2.75, 3.05) is 0 Å². The molecule has 2 amide bonds. The smallest absolute Gasteiger partial charge is 0.243 e. The molecule has 0 heterocycles. The quantitative estimate of drug-likeness (QED) is 0.747. The fourth-order valence-corrected chi connectivity index (χ4v) is 3.26. The third-order valence-corrected chi connectivity index (χ3v) is 4.89. The van der Waals surface area contributed by atoms with Crippen LogP contribution >= 0.6 is 0 Å². The molecule has 0 bridgehead atoms. The van der Waals surface area contributed by atoms with E-state index in [2.05, 4.69) is 5.32 Å². The zero-order chi connectivity index (χ0) is 20.7. The SMILES string of the molecule is CC[C@H](C(=O)NC(C)C)N(Cc1ccc(C)cc1)C(=O)Cc1ccccc1C. The molecule has 0 aliphatic rings. The Balaban J connectivity index is 2.30. The number of benzene rings is 2. The van der Waals surface area contributed by atoms with Crippen LogP contribution in [0.15, 0.2) is 48.5 Å². The van der Waals surface area contributed by atoms with Gasteiger partial charge in [0.2, 0.25) is 11.8 Å². The Kier molecular flexibility index (Phi) is 7.80. The van der Waals surface area contributed by atoms with Gasteiger partial charge in [-0.15, -0.1) is 0 Å². The van der Waals surface area contributed by atoms with E-state index in [0.717, 1.165) is 16.7 Å². The fourth-order valence-electron chi connectivity index (χ4n) is 3.26. The largest absolute Gasteiger partial charge is 0.352 e. The van der Waals surface area contributed by atoms with Crippen molar-refractivity contribution in [1.82, 2.24) is 10.2 Å². The van der Waals surface area contributed by atoms with Crippen molar-refractivity contribution >= 4 is 11.8 Å². The van der Waals surface area contributed by atoms with Crippen LogP contribution < -0.4 is 5.32 Å². The lowest BCUT2D eigenvalue weighted by Crippen LogP contribution is -2.50. The van der Waals surface area contributed by atoms with E-state index in [1.54, 1.807) is 4.90 Å². The van der Waals surface area contributed by atoms with E-state index >= 15 is 0 Å². The Morgan fingerprint density at radius 2 is 1.64 bits per heavy atom. The van der Waals surface area contributed by atoms with Crippen molar-refractivity contribution < 1.29 is 9.59 Å². The van der Waals surface area contributed by atoms with Gasteiger partial charge in [0.15, 0.2) is 0 Å². The summed E-state index contributed by atoms with van der Waals surface area (Å²) in [6.07, 6.45) is 0.869. The number of hydrogen-bond donors (Lipinski definition) is 1. The third-order valence-electron chi connectivity index (χ3n) is 4.89. The summed E-state index contributed by atoms with van der Waals surface area (Å²) in [7, 11) is 0. The maximum atomic E-state index is 13.3. The molecule has 4 nitrogen and oxygen atoms in total. The van der Waals surface area contributed by atoms with Gasteiger partial charge >= 0.3 is 0 Å². The molecule has 28 heavy (non-hydrogen) atoms. The second kappa shape index (κ2) is 10.1. The first-order chi connectivity index (χ1) is 13.3. The molecule has 0 unspecified atom stereocenters. The molecule has 2 rings (SSSR count). The molecule has 0 aliphatic heterocycles. The summed E-state index contributed by atoms with van der Waals surface area (Å²) in [6, 6.07) is 15.6. The average molecular weight is 381 g/mol. The predicted molar refractivity (Wildman–Crippen MR) is 114 cm³/mol. The zero-order valence-corrected chi connectivity index (χ0v) is 17.7. The molecular weight excluding hydrogens is 348 g/mol. The minimum Gasteiger partial charge on any atom is -0.352 e. The van der Waals surface area contributed by atoms with Crippen molar-refractivity contribution in [3.63, 3.8) is 0 Å². The van der Waals surface area contributed by atoms with E-state index < -0.39 is 6.04 Å². The Morgan fingerprint density at radius 3 is 2.21 bits per heavy atom. The molecule has 1 atom stereocenters. The Labute approximate surface area is 169 Å². The number of carbonyl (C=O) groups excluding carboxylic acids is 2. The van der Waals surface area contributed by atoms with Crippen LogP contribution in [-0.4, -0.2) is 28.8 Å². The molecule has 0 aromatic heterocycles. The van der Waals surface area contributed by atoms with Gasteiger partial charge in [-0.25, -0.2) is 0 Å². The maximum absolute atomic E-state index is 13.3. The number of amides is 2. The Hall–Kier alpha value is -2.62. The number of nitrogens with zero attached hydrogens (tertiary/aromatic N) is 1. The van der Waals surface area contributed by atoms with Crippen LogP contribution in [0.5, 0.6) is 0 Å². The zero-order valence-electron chi connectivity index (χ0n) is 17.7. The summed E-state index contributed by atoms with van der Waals surface area (Å²) < 4.78 is 0. The summed E-state index contributed by atoms with van der Waals surface area (Å²) in [4.78, 5) is 27.8. The van der Waals surface area contributed by atoms with Gasteiger partial charge in [0.25, 0.3) is 0 Å². The molecule has 0 fully saturated rings. The minimum atomic E-state index is -0.486. The summed E-state index contributed by atoms with van der Waals surface area (Å²) in [6.45, 7) is 10.3. The van der Waals surface area contributed by atoms with E-state index in [-0.39, 0.29) is 17.9 Å². The summed E-state index contributed by atoms with van der Waals surface area (Å²) in [5, 5.41) is 2.97. The van der Waals surface area contributed by atoms with Crippen molar-refractivity contribution in [1.29, 1.82) is 0 Å². The van der Waals surface area contributed by atoms with Crippen LogP contribution in [0.3, 0.4) is 0 Å². The highest BCUT2D eigenvalue weighted by Crippen LogP contribution is 2.17. The molecule has 4 heteroatoms. The highest BCUT2D eigenvalue weighted by atomic mass is 16.2. The van der Waals surface area contributed by atoms with Gasteiger partial charge in [-0.05, 0) is 50.8 Å². The summed E-state index contributed by atoms with van der Waals surface area (Å²) in [5.74, 6) is -0.122. The summed E-state index contributed by atoms with van der Waals surface area (Å²) >= 11 is 0. The van der Waals surface area contributed by atoms with Crippen LogP contribution in [0, 0.1) is 13.8 Å². The molecule has 2 aromatic rings. The standard InChI is InChI=1S/C24H32N2O2/c1-6-22(24(28)25-17(2)3)26(16-20-13-11-18(4)12-14-20)23(27)15-21-10-8-7-9-19(21)5/h7-14,17,22H,6,15-16H2,1-5H3,(H,25,28)/t22-/m1/s1. The lowest BCUT2D eigenvalue weighted by atomic mass is 10.0. The highest BCUT2D eigenvalue weighted by molar-refractivity contribution is 5.88. The monoisotopic (exact) mass is 380 g/mol. The normalized spacial score (nSPS) is 11.9. The maximum Gasteiger partial charge on any atom is 0.243 e. The van der Waals surface area contributed by atoms with Crippen LogP contribution in [-0.2, 0) is 22.6 Å². The Bertz CT molecular complexity index is 797. The number of nitrogens with one attached hydrogen (secondary N) is 1. The van der Waals surface area contributed by atoms with Gasteiger partial charge in [0.05, 0.1) is 6.42 Å². The van der Waals surface area contributed by atoms with E-state index in [9.17, 15) is 9.59 Å². The topological polar surface area (TPSA) is 49.4 Å². The van der Waals surface area contributed by atoms with Crippen LogP contribution in [0.25, 0.3) is 0 Å². The first kappa shape index (κ1) is 21.7. The van der Waals surface area contributed by atoms with Gasteiger partial charge in [-0.3, -0.25) is 9.59 Å². The van der Waals surface area contributed by atoms with E-state index in [1.807, 2.05) is 83.1 Å². The second-order valence-corrected chi connectivity index (χ2v) is 7.70. The van der Waals surface area contributed by atoms with Crippen molar-refractivity contribution in [3.05, 3.63) is 70.8 Å². The molecule has 0 spiro atoms. The van der Waals surface area contributed by atoms with Crippen LogP contribution in [0.1, 0.15) is 49.4 Å². The van der Waals surface area contributed by atoms with Gasteiger partial charge in [-0.2, -0.15) is 0 Å². The van der Waals surface area contributed by atoms with Gasteiger partial charge in [0, 0.05) is 12.6 Å². The van der Waals surface area contributed by atoms with Crippen molar-refractivity contribution in [2.24, 2.45) is 0 Å². The Morgan fingerprint density at radius 1 is 1.00 bits per heavy atom. The van der Waals surface area contributed by atoms with Crippen LogP contribution in [0.4, 0.5) is 0 Å². The minimum absolute atomic E-state index is 0.0272. The second-order valence-electron chi connectivity index (χ2n) is 7.70. The molecule has 2 aromatic carbocycles.